The minimum absolute atomic E-state index is 0.0316. The first-order valence-electron chi connectivity index (χ1n) is 8.69. The Morgan fingerprint density at radius 2 is 2.12 bits per heavy atom. The van der Waals surface area contributed by atoms with Gasteiger partial charge in [0, 0.05) is 19.3 Å². The van der Waals surface area contributed by atoms with Crippen molar-refractivity contribution in [3.63, 3.8) is 0 Å². The summed E-state index contributed by atoms with van der Waals surface area (Å²) in [7, 11) is 0. The molecule has 2 aromatic heterocycles. The fourth-order valence-corrected chi connectivity index (χ4v) is 4.28. The number of hydrogen-bond acceptors (Lipinski definition) is 4. The predicted molar refractivity (Wildman–Crippen MR) is 93.6 cm³/mol. The maximum atomic E-state index is 12.8. The van der Waals surface area contributed by atoms with Gasteiger partial charge in [-0.3, -0.25) is 19.4 Å². The maximum Gasteiger partial charge on any atom is 0.311 e. The Morgan fingerprint density at radius 1 is 1.27 bits per heavy atom. The molecule has 1 saturated heterocycles. The summed E-state index contributed by atoms with van der Waals surface area (Å²) in [5.41, 5.74) is -0.155. The zero-order valence-corrected chi connectivity index (χ0v) is 14.1. The molecule has 7 nitrogen and oxygen atoms in total. The van der Waals surface area contributed by atoms with E-state index < -0.39 is 22.9 Å². The zero-order chi connectivity index (χ0) is 18.3. The van der Waals surface area contributed by atoms with E-state index in [0.29, 0.717) is 24.4 Å². The van der Waals surface area contributed by atoms with E-state index >= 15 is 0 Å². The number of pyridine rings is 2. The summed E-state index contributed by atoms with van der Waals surface area (Å²) in [4.78, 5) is 45.4. The van der Waals surface area contributed by atoms with Crippen molar-refractivity contribution in [2.24, 2.45) is 11.3 Å². The molecule has 7 heteroatoms. The van der Waals surface area contributed by atoms with Gasteiger partial charge < -0.3 is 15.0 Å². The molecule has 26 heavy (non-hydrogen) atoms. The Kier molecular flexibility index (Phi) is 3.86. The third kappa shape index (κ3) is 2.51. The lowest BCUT2D eigenvalue weighted by Crippen LogP contribution is -2.38. The Morgan fingerprint density at radius 3 is 2.77 bits per heavy atom. The molecule has 2 N–H and O–H groups in total. The molecule has 4 rings (SSSR count). The van der Waals surface area contributed by atoms with Crippen LogP contribution in [0, 0.1) is 11.3 Å². The largest absolute Gasteiger partial charge is 0.481 e. The number of carbonyl (C=O) groups is 2. The monoisotopic (exact) mass is 353 g/mol. The van der Waals surface area contributed by atoms with Crippen LogP contribution in [0.15, 0.2) is 41.3 Å². The topological polar surface area (TPSA) is 103 Å². The van der Waals surface area contributed by atoms with Crippen LogP contribution >= 0.6 is 0 Å². The molecular formula is C19H19N3O4. The van der Waals surface area contributed by atoms with Crippen LogP contribution in [0.4, 0.5) is 0 Å². The van der Waals surface area contributed by atoms with E-state index in [1.807, 2.05) is 6.07 Å². The predicted octanol–water partition coefficient (Wildman–Crippen LogP) is 1.76. The van der Waals surface area contributed by atoms with E-state index in [1.165, 1.54) is 11.0 Å². The van der Waals surface area contributed by atoms with E-state index in [0.717, 1.165) is 12.8 Å². The lowest BCUT2D eigenvalue weighted by Gasteiger charge is -2.23. The zero-order valence-electron chi connectivity index (χ0n) is 14.1. The Labute approximate surface area is 149 Å². The Hall–Kier alpha value is -2.96. The minimum atomic E-state index is -0.851. The molecule has 0 spiro atoms. The van der Waals surface area contributed by atoms with E-state index in [4.69, 9.17) is 0 Å². The summed E-state index contributed by atoms with van der Waals surface area (Å²) in [6, 6.07) is 8.51. The molecule has 1 saturated carbocycles. The summed E-state index contributed by atoms with van der Waals surface area (Å²) < 4.78 is 0. The number of carboxylic acids is 1. The third-order valence-electron chi connectivity index (χ3n) is 5.66. The molecule has 2 fully saturated rings. The molecule has 0 aromatic carbocycles. The van der Waals surface area contributed by atoms with Gasteiger partial charge in [0.15, 0.2) is 0 Å². The Balaban J connectivity index is 1.60. The number of aliphatic carboxylic acids is 1. The third-order valence-corrected chi connectivity index (χ3v) is 5.66. The molecule has 0 unspecified atom stereocenters. The van der Waals surface area contributed by atoms with Crippen LogP contribution < -0.4 is 5.56 Å². The number of likely N-dealkylation sites (tertiary alicyclic amines) is 1. The molecule has 2 aliphatic rings. The number of carbonyl (C=O) groups excluding carboxylic acids is 1. The molecule has 1 aliphatic heterocycles. The van der Waals surface area contributed by atoms with Crippen LogP contribution in [-0.4, -0.2) is 44.9 Å². The highest BCUT2D eigenvalue weighted by atomic mass is 16.4. The fraction of sp³-hybridized carbons (Fsp3) is 0.368. The molecule has 1 amide bonds. The standard InChI is InChI=1S/C19H19N3O4/c23-16-13(6-7-15(21-16)14-5-1-2-9-20-14)17(24)22-10-12-4-3-8-19(12,11-22)18(25)26/h1-2,5-7,9,12H,3-4,8,10-11H2,(H,21,23)(H,25,26)/t12-,19+/m0/s1. The van der Waals surface area contributed by atoms with Gasteiger partial charge in [-0.1, -0.05) is 12.5 Å². The second kappa shape index (κ2) is 6.09. The summed E-state index contributed by atoms with van der Waals surface area (Å²) in [5, 5.41) is 9.65. The number of nitrogens with one attached hydrogen (secondary N) is 1. The highest BCUT2D eigenvalue weighted by molar-refractivity contribution is 5.95. The van der Waals surface area contributed by atoms with Crippen molar-refractivity contribution in [1.29, 1.82) is 0 Å². The highest BCUT2D eigenvalue weighted by Crippen LogP contribution is 2.49. The number of aromatic nitrogens is 2. The van der Waals surface area contributed by atoms with Crippen molar-refractivity contribution in [2.75, 3.05) is 13.1 Å². The van der Waals surface area contributed by atoms with Crippen molar-refractivity contribution in [3.8, 4) is 11.4 Å². The van der Waals surface area contributed by atoms with Crippen LogP contribution in [0.1, 0.15) is 29.6 Å². The lowest BCUT2D eigenvalue weighted by atomic mass is 9.81. The van der Waals surface area contributed by atoms with Crippen LogP contribution in [0.2, 0.25) is 0 Å². The second-order valence-electron chi connectivity index (χ2n) is 7.07. The molecule has 0 radical (unpaired) electrons. The fourth-order valence-electron chi connectivity index (χ4n) is 4.28. The van der Waals surface area contributed by atoms with Crippen LogP contribution in [0.25, 0.3) is 11.4 Å². The quantitative estimate of drug-likeness (QED) is 0.875. The molecule has 3 heterocycles. The molecule has 1 aliphatic carbocycles. The van der Waals surface area contributed by atoms with Crippen molar-refractivity contribution in [3.05, 3.63) is 52.4 Å². The average molecular weight is 353 g/mol. The van der Waals surface area contributed by atoms with Crippen molar-refractivity contribution >= 4 is 11.9 Å². The smallest absolute Gasteiger partial charge is 0.311 e. The first-order chi connectivity index (χ1) is 12.5. The van der Waals surface area contributed by atoms with Crippen molar-refractivity contribution < 1.29 is 14.7 Å². The Bertz CT molecular complexity index is 924. The number of hydrogen-bond donors (Lipinski definition) is 2. The molecule has 2 aromatic rings. The highest BCUT2D eigenvalue weighted by Gasteiger charge is 2.55. The number of H-pyrrole nitrogens is 1. The second-order valence-corrected chi connectivity index (χ2v) is 7.07. The van der Waals surface area contributed by atoms with Gasteiger partial charge >= 0.3 is 5.97 Å². The number of nitrogens with zero attached hydrogens (tertiary/aromatic N) is 2. The number of fused-ring (bicyclic) bond motifs is 1. The molecule has 134 valence electrons. The van der Waals surface area contributed by atoms with Gasteiger partial charge in [-0.05, 0) is 43.0 Å². The van der Waals surface area contributed by atoms with Crippen LogP contribution in [0.3, 0.4) is 0 Å². The van der Waals surface area contributed by atoms with Gasteiger partial charge in [-0.2, -0.15) is 0 Å². The van der Waals surface area contributed by atoms with Gasteiger partial charge in [-0.15, -0.1) is 0 Å². The van der Waals surface area contributed by atoms with Crippen LogP contribution in [-0.2, 0) is 4.79 Å². The van der Waals surface area contributed by atoms with E-state index in [-0.39, 0.29) is 18.0 Å². The van der Waals surface area contributed by atoms with Gasteiger partial charge in [-0.25, -0.2) is 0 Å². The summed E-state index contributed by atoms with van der Waals surface area (Å²) in [6.45, 7) is 0.569. The summed E-state index contributed by atoms with van der Waals surface area (Å²) >= 11 is 0. The first-order valence-corrected chi connectivity index (χ1v) is 8.69. The number of rotatable bonds is 3. The number of amides is 1. The summed E-state index contributed by atoms with van der Waals surface area (Å²) in [6.07, 6.45) is 3.90. The summed E-state index contributed by atoms with van der Waals surface area (Å²) in [5.74, 6) is -1.28. The van der Waals surface area contributed by atoms with Gasteiger partial charge in [0.25, 0.3) is 11.5 Å². The van der Waals surface area contributed by atoms with Gasteiger partial charge in [0.1, 0.15) is 5.56 Å². The average Bonchev–Trinajstić information content (AvgIpc) is 3.20. The van der Waals surface area contributed by atoms with Crippen molar-refractivity contribution in [1.82, 2.24) is 14.9 Å². The van der Waals surface area contributed by atoms with Gasteiger partial charge in [0.2, 0.25) is 0 Å². The van der Waals surface area contributed by atoms with E-state index in [2.05, 4.69) is 9.97 Å². The first kappa shape index (κ1) is 16.5. The normalized spacial score (nSPS) is 24.5. The molecule has 0 bridgehead atoms. The molecular weight excluding hydrogens is 334 g/mol. The van der Waals surface area contributed by atoms with Crippen molar-refractivity contribution in [2.45, 2.75) is 19.3 Å². The van der Waals surface area contributed by atoms with E-state index in [1.54, 1.807) is 24.4 Å². The minimum Gasteiger partial charge on any atom is -0.481 e. The van der Waals surface area contributed by atoms with Gasteiger partial charge in [0.05, 0.1) is 16.8 Å². The molecule has 2 atom stereocenters. The number of aromatic amines is 1. The number of carboxylic acid groups (broad SMARTS) is 1. The maximum absolute atomic E-state index is 12.8. The van der Waals surface area contributed by atoms with E-state index in [9.17, 15) is 19.5 Å². The SMILES string of the molecule is O=C(c1ccc(-c2ccccn2)[nH]c1=O)N1C[C@@H]2CCC[C@@]2(C(=O)O)C1. The van der Waals surface area contributed by atoms with Crippen LogP contribution in [0.5, 0.6) is 0 Å². The lowest BCUT2D eigenvalue weighted by molar-refractivity contribution is -0.149.